The van der Waals surface area contributed by atoms with Crippen LogP contribution < -0.4 is 10.6 Å². The number of benzene rings is 1. The van der Waals surface area contributed by atoms with Crippen LogP contribution in [0.3, 0.4) is 0 Å². The molecule has 0 radical (unpaired) electrons. The van der Waals surface area contributed by atoms with Crippen LogP contribution in [0.4, 0.5) is 8.78 Å². The number of halogens is 2. The lowest BCUT2D eigenvalue weighted by molar-refractivity contribution is 0.143. The van der Waals surface area contributed by atoms with Crippen molar-refractivity contribution in [1.29, 1.82) is 0 Å². The molecule has 0 bridgehead atoms. The van der Waals surface area contributed by atoms with E-state index in [1.807, 2.05) is 6.92 Å². The van der Waals surface area contributed by atoms with Crippen LogP contribution in [0.5, 0.6) is 0 Å². The van der Waals surface area contributed by atoms with Crippen LogP contribution in [0.1, 0.15) is 37.7 Å². The topological polar surface area (TPSA) is 45.6 Å². The number of nitrogens with one attached hydrogen (secondary N) is 2. The maximum absolute atomic E-state index is 13.8. The Morgan fingerprint density at radius 1 is 1.30 bits per heavy atom. The Bertz CT molecular complexity index is 516. The van der Waals surface area contributed by atoms with Gasteiger partial charge in [0.2, 0.25) is 0 Å². The van der Waals surface area contributed by atoms with Crippen molar-refractivity contribution in [3.8, 4) is 0 Å². The lowest BCUT2D eigenvalue weighted by Gasteiger charge is -2.12. The molecule has 2 N–H and O–H groups in total. The standard InChI is InChI=1S/C17H25F2N3O/c1-3-23-10-5-4-9-21-17(20-2)22-15-11-12(15)16-13(18)7-6-8-14(16)19/h6-8,12,15H,3-5,9-11H2,1-2H3,(H2,20,21,22). The van der Waals surface area contributed by atoms with Gasteiger partial charge in [0.15, 0.2) is 5.96 Å². The van der Waals surface area contributed by atoms with E-state index < -0.39 is 11.6 Å². The summed E-state index contributed by atoms with van der Waals surface area (Å²) >= 11 is 0. The summed E-state index contributed by atoms with van der Waals surface area (Å²) in [5.74, 6) is -0.408. The molecule has 1 aromatic rings. The zero-order valence-electron chi connectivity index (χ0n) is 13.7. The number of rotatable bonds is 8. The number of nitrogens with zero attached hydrogens (tertiary/aromatic N) is 1. The lowest BCUT2D eigenvalue weighted by Crippen LogP contribution is -2.39. The van der Waals surface area contributed by atoms with Crippen LogP contribution in [0.2, 0.25) is 0 Å². The highest BCUT2D eigenvalue weighted by molar-refractivity contribution is 5.80. The average molecular weight is 325 g/mol. The molecule has 2 unspecified atom stereocenters. The quantitative estimate of drug-likeness (QED) is 0.439. The third-order valence-electron chi connectivity index (χ3n) is 3.92. The van der Waals surface area contributed by atoms with E-state index in [2.05, 4.69) is 15.6 Å². The lowest BCUT2D eigenvalue weighted by atomic mass is 10.1. The van der Waals surface area contributed by atoms with Gasteiger partial charge in [0.05, 0.1) is 0 Å². The molecule has 0 heterocycles. The van der Waals surface area contributed by atoms with Gasteiger partial charge in [-0.15, -0.1) is 0 Å². The molecule has 1 saturated carbocycles. The minimum Gasteiger partial charge on any atom is -0.382 e. The predicted octanol–water partition coefficient (Wildman–Crippen LogP) is 2.80. The van der Waals surface area contributed by atoms with E-state index in [1.54, 1.807) is 7.05 Å². The smallest absolute Gasteiger partial charge is 0.191 e. The summed E-state index contributed by atoms with van der Waals surface area (Å²) in [6.45, 7) is 4.28. The minimum atomic E-state index is -0.474. The van der Waals surface area contributed by atoms with Crippen molar-refractivity contribution in [2.45, 2.75) is 38.1 Å². The van der Waals surface area contributed by atoms with Crippen molar-refractivity contribution < 1.29 is 13.5 Å². The Kier molecular flexibility index (Phi) is 6.77. The summed E-state index contributed by atoms with van der Waals surface area (Å²) < 4.78 is 32.8. The molecule has 0 aliphatic heterocycles. The van der Waals surface area contributed by atoms with E-state index in [0.29, 0.717) is 12.4 Å². The normalized spacial score (nSPS) is 20.4. The second-order valence-electron chi connectivity index (χ2n) is 5.63. The van der Waals surface area contributed by atoms with Crippen LogP contribution in [0.25, 0.3) is 0 Å². The minimum absolute atomic E-state index is 0.0241. The molecular weight excluding hydrogens is 300 g/mol. The SMILES string of the molecule is CCOCCCCNC(=NC)NC1CC1c1c(F)cccc1F. The van der Waals surface area contributed by atoms with Crippen molar-refractivity contribution in [2.24, 2.45) is 4.99 Å². The first-order chi connectivity index (χ1) is 11.2. The second kappa shape index (κ2) is 8.82. The molecule has 1 aromatic carbocycles. The zero-order chi connectivity index (χ0) is 16.7. The van der Waals surface area contributed by atoms with Gasteiger partial charge in [-0.2, -0.15) is 0 Å². The molecule has 1 fully saturated rings. The number of ether oxygens (including phenoxy) is 1. The maximum Gasteiger partial charge on any atom is 0.191 e. The van der Waals surface area contributed by atoms with Crippen LogP contribution >= 0.6 is 0 Å². The summed E-state index contributed by atoms with van der Waals surface area (Å²) in [6, 6.07) is 4.02. The van der Waals surface area contributed by atoms with Gasteiger partial charge in [-0.25, -0.2) is 8.78 Å². The van der Waals surface area contributed by atoms with Gasteiger partial charge >= 0.3 is 0 Å². The summed E-state index contributed by atoms with van der Waals surface area (Å²) in [7, 11) is 1.69. The van der Waals surface area contributed by atoms with Crippen LogP contribution in [0, 0.1) is 11.6 Å². The Hall–Kier alpha value is -1.69. The molecule has 1 aliphatic rings. The van der Waals surface area contributed by atoms with Crippen molar-refractivity contribution >= 4 is 5.96 Å². The van der Waals surface area contributed by atoms with E-state index in [9.17, 15) is 8.78 Å². The fourth-order valence-corrected chi connectivity index (χ4v) is 2.59. The van der Waals surface area contributed by atoms with Gasteiger partial charge in [-0.05, 0) is 38.3 Å². The van der Waals surface area contributed by atoms with Crippen molar-refractivity contribution in [1.82, 2.24) is 10.6 Å². The third kappa shape index (κ3) is 5.16. The van der Waals surface area contributed by atoms with E-state index in [4.69, 9.17) is 4.74 Å². The zero-order valence-corrected chi connectivity index (χ0v) is 13.7. The monoisotopic (exact) mass is 325 g/mol. The van der Waals surface area contributed by atoms with Gasteiger partial charge in [0, 0.05) is 44.3 Å². The van der Waals surface area contributed by atoms with E-state index in [0.717, 1.165) is 32.6 Å². The van der Waals surface area contributed by atoms with Crippen molar-refractivity contribution in [2.75, 3.05) is 26.8 Å². The molecule has 0 aromatic heterocycles. The van der Waals surface area contributed by atoms with Crippen molar-refractivity contribution in [3.05, 3.63) is 35.4 Å². The van der Waals surface area contributed by atoms with Crippen molar-refractivity contribution in [3.63, 3.8) is 0 Å². The van der Waals surface area contributed by atoms with Gasteiger partial charge in [-0.1, -0.05) is 6.07 Å². The first-order valence-corrected chi connectivity index (χ1v) is 8.16. The molecule has 2 atom stereocenters. The first kappa shape index (κ1) is 17.7. The Labute approximate surface area is 136 Å². The Morgan fingerprint density at radius 3 is 2.70 bits per heavy atom. The summed E-state index contributed by atoms with van der Waals surface area (Å²) in [5, 5.41) is 6.43. The van der Waals surface area contributed by atoms with Crippen LogP contribution in [-0.4, -0.2) is 38.8 Å². The molecule has 0 spiro atoms. The molecule has 6 heteroatoms. The fourth-order valence-electron chi connectivity index (χ4n) is 2.59. The third-order valence-corrected chi connectivity index (χ3v) is 3.92. The number of unbranched alkanes of at least 4 members (excludes halogenated alkanes) is 1. The molecule has 128 valence electrons. The van der Waals surface area contributed by atoms with E-state index >= 15 is 0 Å². The second-order valence-corrected chi connectivity index (χ2v) is 5.63. The molecule has 0 saturated heterocycles. The molecule has 1 aliphatic carbocycles. The summed E-state index contributed by atoms with van der Waals surface area (Å²) in [5.41, 5.74) is 0.178. The number of hydrogen-bond donors (Lipinski definition) is 2. The average Bonchev–Trinajstić information content (AvgIpc) is 3.28. The highest BCUT2D eigenvalue weighted by Crippen LogP contribution is 2.42. The Balaban J connectivity index is 1.74. The van der Waals surface area contributed by atoms with Gasteiger partial charge in [-0.3, -0.25) is 4.99 Å². The van der Waals surface area contributed by atoms with E-state index in [-0.39, 0.29) is 17.5 Å². The summed E-state index contributed by atoms with van der Waals surface area (Å²) in [6.07, 6.45) is 2.68. The fraction of sp³-hybridized carbons (Fsp3) is 0.588. The number of hydrogen-bond acceptors (Lipinski definition) is 2. The summed E-state index contributed by atoms with van der Waals surface area (Å²) in [4.78, 5) is 4.15. The molecule has 2 rings (SSSR count). The largest absolute Gasteiger partial charge is 0.382 e. The highest BCUT2D eigenvalue weighted by atomic mass is 19.1. The molecule has 0 amide bonds. The molecular formula is C17H25F2N3O. The molecule has 4 nitrogen and oxygen atoms in total. The van der Waals surface area contributed by atoms with Gasteiger partial charge in [0.25, 0.3) is 0 Å². The highest BCUT2D eigenvalue weighted by Gasteiger charge is 2.42. The van der Waals surface area contributed by atoms with Gasteiger partial charge in [0.1, 0.15) is 11.6 Å². The van der Waals surface area contributed by atoms with Gasteiger partial charge < -0.3 is 15.4 Å². The number of aliphatic imine (C=N–C) groups is 1. The molecule has 23 heavy (non-hydrogen) atoms. The van der Waals surface area contributed by atoms with Crippen LogP contribution in [0.15, 0.2) is 23.2 Å². The van der Waals surface area contributed by atoms with E-state index in [1.165, 1.54) is 18.2 Å². The maximum atomic E-state index is 13.8. The Morgan fingerprint density at radius 2 is 2.04 bits per heavy atom. The van der Waals surface area contributed by atoms with Crippen LogP contribution in [-0.2, 0) is 4.74 Å². The first-order valence-electron chi connectivity index (χ1n) is 8.16. The predicted molar refractivity (Wildman–Crippen MR) is 87.7 cm³/mol. The number of guanidine groups is 1.